The molecule has 1 atom stereocenters. The molecule has 0 aliphatic carbocycles. The fraction of sp³-hybridized carbons (Fsp3) is 0.913. The summed E-state index contributed by atoms with van der Waals surface area (Å²) in [5, 5.41) is 8.57. The summed E-state index contributed by atoms with van der Waals surface area (Å²) in [5.41, 5.74) is 5.60. The predicted octanol–water partition coefficient (Wildman–Crippen LogP) is 0.216. The standard InChI is InChI=1S/C23H45NO4.2Na.2H/c1-2-3-4-5-6-7-8-9-10-11-12-13-14-15-16-17-20-28-23(27)21(24)18-19-22(25)26;;;;/h21H,2-20,24H2,1H3,(H,25,26);;;;/q;2*+1;2*-1/t21-;;;;/m0..../s1. The van der Waals surface area contributed by atoms with Crippen LogP contribution in [0, 0.1) is 0 Å². The quantitative estimate of drug-likeness (QED) is 0.149. The first-order valence-corrected chi connectivity index (χ1v) is 11.7. The Bertz CT molecular complexity index is 395. The Labute approximate surface area is 232 Å². The molecule has 0 saturated carbocycles. The molecule has 0 aliphatic rings. The zero-order chi connectivity index (χ0) is 20.9. The van der Waals surface area contributed by atoms with Crippen LogP contribution in [0.2, 0.25) is 0 Å². The molecule has 0 radical (unpaired) electrons. The Morgan fingerprint density at radius 3 is 1.50 bits per heavy atom. The van der Waals surface area contributed by atoms with Gasteiger partial charge in [0.1, 0.15) is 6.04 Å². The molecule has 5 nitrogen and oxygen atoms in total. The molecule has 0 aromatic rings. The molecule has 0 unspecified atom stereocenters. The van der Waals surface area contributed by atoms with E-state index in [-0.39, 0.29) is 74.8 Å². The minimum absolute atomic E-state index is 0. The van der Waals surface area contributed by atoms with Crippen molar-refractivity contribution in [3.8, 4) is 0 Å². The van der Waals surface area contributed by atoms with Gasteiger partial charge in [-0.2, -0.15) is 0 Å². The number of nitrogens with two attached hydrogens (primary N) is 1. The third kappa shape index (κ3) is 26.9. The first kappa shape index (κ1) is 35.5. The van der Waals surface area contributed by atoms with Crippen molar-refractivity contribution in [1.29, 1.82) is 0 Å². The van der Waals surface area contributed by atoms with Gasteiger partial charge in [-0.25, -0.2) is 0 Å². The minimum Gasteiger partial charge on any atom is -1.00 e. The van der Waals surface area contributed by atoms with E-state index in [0.29, 0.717) is 6.61 Å². The molecule has 7 heteroatoms. The molecule has 0 amide bonds. The van der Waals surface area contributed by atoms with E-state index in [4.69, 9.17) is 15.6 Å². The second-order valence-electron chi connectivity index (χ2n) is 8.01. The van der Waals surface area contributed by atoms with Crippen LogP contribution in [0.4, 0.5) is 0 Å². The molecule has 0 spiro atoms. The van der Waals surface area contributed by atoms with Crippen LogP contribution in [0.5, 0.6) is 0 Å². The van der Waals surface area contributed by atoms with Gasteiger partial charge in [0.2, 0.25) is 0 Å². The molecule has 0 aromatic carbocycles. The number of unbranched alkanes of at least 4 members (excludes halogenated alkanes) is 15. The maximum absolute atomic E-state index is 11.6. The number of carbonyl (C=O) groups excluding carboxylic acids is 1. The Hall–Kier alpha value is 0.900. The summed E-state index contributed by atoms with van der Waals surface area (Å²) in [6.07, 6.45) is 21.0. The summed E-state index contributed by atoms with van der Waals surface area (Å²) in [6, 6.07) is -0.822. The van der Waals surface area contributed by atoms with E-state index in [1.165, 1.54) is 89.9 Å². The van der Waals surface area contributed by atoms with Crippen molar-refractivity contribution in [2.24, 2.45) is 5.73 Å². The summed E-state index contributed by atoms with van der Waals surface area (Å²) in [7, 11) is 0. The van der Waals surface area contributed by atoms with Gasteiger partial charge in [-0.3, -0.25) is 9.59 Å². The zero-order valence-electron chi connectivity index (χ0n) is 22.3. The van der Waals surface area contributed by atoms with Gasteiger partial charge in [0, 0.05) is 6.42 Å². The summed E-state index contributed by atoms with van der Waals surface area (Å²) >= 11 is 0. The van der Waals surface area contributed by atoms with Crippen molar-refractivity contribution < 1.29 is 81.4 Å². The summed E-state index contributed by atoms with van der Waals surface area (Å²) in [4.78, 5) is 22.0. The van der Waals surface area contributed by atoms with Gasteiger partial charge in [-0.05, 0) is 12.8 Å². The SMILES string of the molecule is CCCCCCCCCCCCCCCCCCOC(=O)[C@@H](N)CCC(=O)O.[H-].[H-].[Na+].[Na+]. The Morgan fingerprint density at radius 1 is 0.767 bits per heavy atom. The fourth-order valence-corrected chi connectivity index (χ4v) is 3.33. The molecule has 30 heavy (non-hydrogen) atoms. The maximum Gasteiger partial charge on any atom is 1.00 e. The number of esters is 1. The van der Waals surface area contributed by atoms with Crippen molar-refractivity contribution in [2.45, 2.75) is 129 Å². The fourth-order valence-electron chi connectivity index (χ4n) is 3.33. The van der Waals surface area contributed by atoms with Gasteiger partial charge < -0.3 is 18.4 Å². The summed E-state index contributed by atoms with van der Waals surface area (Å²) in [6.45, 7) is 2.65. The van der Waals surface area contributed by atoms with Crippen LogP contribution in [0.3, 0.4) is 0 Å². The number of hydrogen-bond acceptors (Lipinski definition) is 4. The summed E-state index contributed by atoms with van der Waals surface area (Å²) in [5.74, 6) is -1.43. The van der Waals surface area contributed by atoms with Crippen LogP contribution in [0.25, 0.3) is 0 Å². The van der Waals surface area contributed by atoms with Gasteiger partial charge in [0.15, 0.2) is 0 Å². The molecule has 0 aliphatic heterocycles. The molecule has 0 fully saturated rings. The first-order chi connectivity index (χ1) is 13.6. The predicted molar refractivity (Wildman–Crippen MR) is 118 cm³/mol. The van der Waals surface area contributed by atoms with Gasteiger partial charge >= 0.3 is 71.1 Å². The number of carboxylic acids is 1. The number of hydrogen-bond donors (Lipinski definition) is 2. The van der Waals surface area contributed by atoms with Gasteiger partial charge in [0.05, 0.1) is 6.61 Å². The van der Waals surface area contributed by atoms with Crippen LogP contribution >= 0.6 is 0 Å². The zero-order valence-corrected chi connectivity index (χ0v) is 24.3. The van der Waals surface area contributed by atoms with Crippen molar-refractivity contribution in [3.63, 3.8) is 0 Å². The molecule has 0 heterocycles. The van der Waals surface area contributed by atoms with Crippen molar-refractivity contribution >= 4 is 11.9 Å². The van der Waals surface area contributed by atoms with Crippen molar-refractivity contribution in [2.75, 3.05) is 6.61 Å². The van der Waals surface area contributed by atoms with Gasteiger partial charge in [-0.1, -0.05) is 103 Å². The molecule has 0 aromatic heterocycles. The molecule has 170 valence electrons. The molecule has 0 rings (SSSR count). The monoisotopic (exact) mass is 447 g/mol. The van der Waals surface area contributed by atoms with Gasteiger partial charge in [0.25, 0.3) is 0 Å². The molecular weight excluding hydrogens is 400 g/mol. The van der Waals surface area contributed by atoms with E-state index in [1.54, 1.807) is 0 Å². The Kier molecular flexibility index (Phi) is 33.0. The van der Waals surface area contributed by atoms with E-state index in [2.05, 4.69) is 6.92 Å². The second-order valence-corrected chi connectivity index (χ2v) is 8.01. The van der Waals surface area contributed by atoms with E-state index in [0.717, 1.165) is 12.8 Å². The van der Waals surface area contributed by atoms with Crippen molar-refractivity contribution in [3.05, 3.63) is 0 Å². The normalized spacial score (nSPS) is 11.3. The number of aliphatic carboxylic acids is 1. The molecular formula is C23H47NNa2O4. The number of rotatable bonds is 21. The first-order valence-electron chi connectivity index (χ1n) is 11.7. The third-order valence-electron chi connectivity index (χ3n) is 5.21. The minimum atomic E-state index is -0.943. The number of carboxylic acid groups (broad SMARTS) is 1. The Balaban J connectivity index is -0.000000607. The van der Waals surface area contributed by atoms with Crippen LogP contribution in [-0.2, 0) is 14.3 Å². The smallest absolute Gasteiger partial charge is 1.00 e. The Morgan fingerprint density at radius 2 is 1.13 bits per heavy atom. The van der Waals surface area contributed by atoms with E-state index in [9.17, 15) is 9.59 Å². The largest absolute Gasteiger partial charge is 1.00 e. The average Bonchev–Trinajstić information content (AvgIpc) is 2.68. The van der Waals surface area contributed by atoms with Crippen molar-refractivity contribution in [1.82, 2.24) is 0 Å². The topological polar surface area (TPSA) is 89.6 Å². The number of carbonyl (C=O) groups is 2. The van der Waals surface area contributed by atoms with Crippen LogP contribution < -0.4 is 64.8 Å². The van der Waals surface area contributed by atoms with Gasteiger partial charge in [-0.15, -0.1) is 0 Å². The summed E-state index contributed by atoms with van der Waals surface area (Å²) < 4.78 is 5.10. The molecule has 0 bridgehead atoms. The average molecular weight is 448 g/mol. The van der Waals surface area contributed by atoms with E-state index in [1.807, 2.05) is 0 Å². The maximum atomic E-state index is 11.6. The molecule has 0 saturated heterocycles. The number of ether oxygens (including phenoxy) is 1. The third-order valence-corrected chi connectivity index (χ3v) is 5.21. The second kappa shape index (κ2) is 27.9. The van der Waals surface area contributed by atoms with Crippen LogP contribution in [0.1, 0.15) is 125 Å². The molecule has 3 N–H and O–H groups in total. The van der Waals surface area contributed by atoms with Crippen LogP contribution in [0.15, 0.2) is 0 Å². The van der Waals surface area contributed by atoms with Crippen LogP contribution in [-0.4, -0.2) is 29.7 Å². The van der Waals surface area contributed by atoms with E-state index < -0.39 is 18.0 Å². The van der Waals surface area contributed by atoms with E-state index >= 15 is 0 Å².